The van der Waals surface area contributed by atoms with E-state index in [-0.39, 0.29) is 0 Å². The third-order valence-electron chi connectivity index (χ3n) is 4.27. The standard InChI is InChI=1S/C17H24N4/c1-14(2)20-10-8-15(13-20)12-19-17-18-9-11-21(17)16-6-4-3-5-7-16/h3-7,9,11,14-15H,8,10,12-13H2,1-2H3,(H,18,19). The maximum atomic E-state index is 4.45. The highest BCUT2D eigenvalue weighted by Gasteiger charge is 2.24. The van der Waals surface area contributed by atoms with Crippen LogP contribution >= 0.6 is 0 Å². The molecule has 0 amide bonds. The number of hydrogen-bond donors (Lipinski definition) is 1. The lowest BCUT2D eigenvalue weighted by Crippen LogP contribution is -2.29. The molecule has 0 spiro atoms. The van der Waals surface area contributed by atoms with Crippen molar-refractivity contribution < 1.29 is 0 Å². The fraction of sp³-hybridized carbons (Fsp3) is 0.471. The zero-order valence-electron chi connectivity index (χ0n) is 12.9. The number of likely N-dealkylation sites (tertiary alicyclic amines) is 1. The molecule has 1 aliphatic heterocycles. The van der Waals surface area contributed by atoms with Crippen LogP contribution in [0.25, 0.3) is 5.69 Å². The topological polar surface area (TPSA) is 33.1 Å². The highest BCUT2D eigenvalue weighted by atomic mass is 15.2. The van der Waals surface area contributed by atoms with Gasteiger partial charge in [-0.05, 0) is 44.9 Å². The lowest BCUT2D eigenvalue weighted by molar-refractivity contribution is 0.266. The molecule has 0 radical (unpaired) electrons. The summed E-state index contributed by atoms with van der Waals surface area (Å²) >= 11 is 0. The van der Waals surface area contributed by atoms with Crippen LogP contribution in [0.4, 0.5) is 5.95 Å². The van der Waals surface area contributed by atoms with Crippen LogP contribution < -0.4 is 5.32 Å². The van der Waals surface area contributed by atoms with Crippen LogP contribution in [0.15, 0.2) is 42.7 Å². The molecule has 21 heavy (non-hydrogen) atoms. The molecule has 0 saturated carbocycles. The van der Waals surface area contributed by atoms with Gasteiger partial charge in [-0.25, -0.2) is 4.98 Å². The second-order valence-corrected chi connectivity index (χ2v) is 6.08. The Bertz CT molecular complexity index is 561. The van der Waals surface area contributed by atoms with E-state index >= 15 is 0 Å². The Hall–Kier alpha value is -1.81. The second-order valence-electron chi connectivity index (χ2n) is 6.08. The molecule has 1 aromatic heterocycles. The van der Waals surface area contributed by atoms with E-state index in [0.717, 1.165) is 18.2 Å². The third-order valence-corrected chi connectivity index (χ3v) is 4.27. The molecule has 112 valence electrons. The first-order chi connectivity index (χ1) is 10.2. The molecule has 0 aliphatic carbocycles. The zero-order chi connectivity index (χ0) is 14.7. The molecule has 1 fully saturated rings. The maximum absolute atomic E-state index is 4.45. The summed E-state index contributed by atoms with van der Waals surface area (Å²) in [7, 11) is 0. The Labute approximate surface area is 126 Å². The zero-order valence-corrected chi connectivity index (χ0v) is 12.9. The normalized spacial score (nSPS) is 19.3. The van der Waals surface area contributed by atoms with E-state index in [1.165, 1.54) is 19.5 Å². The molecule has 1 aromatic carbocycles. The fourth-order valence-electron chi connectivity index (χ4n) is 2.97. The number of benzene rings is 1. The van der Waals surface area contributed by atoms with Gasteiger partial charge in [-0.2, -0.15) is 0 Å². The SMILES string of the molecule is CC(C)N1CCC(CNc2nccn2-c2ccccc2)C1. The minimum Gasteiger partial charge on any atom is -0.355 e. The predicted octanol–water partition coefficient (Wildman–Crippen LogP) is 3.01. The van der Waals surface area contributed by atoms with Crippen LogP contribution in [-0.2, 0) is 0 Å². The fourth-order valence-corrected chi connectivity index (χ4v) is 2.97. The van der Waals surface area contributed by atoms with E-state index in [0.29, 0.717) is 12.0 Å². The van der Waals surface area contributed by atoms with Gasteiger partial charge in [-0.3, -0.25) is 4.57 Å². The van der Waals surface area contributed by atoms with E-state index in [2.05, 4.69) is 57.9 Å². The largest absolute Gasteiger partial charge is 0.355 e. The summed E-state index contributed by atoms with van der Waals surface area (Å²) in [6, 6.07) is 11.0. The smallest absolute Gasteiger partial charge is 0.207 e. The van der Waals surface area contributed by atoms with Gasteiger partial charge in [0.25, 0.3) is 0 Å². The predicted molar refractivity (Wildman–Crippen MR) is 86.9 cm³/mol. The van der Waals surface area contributed by atoms with Crippen LogP contribution in [0, 0.1) is 5.92 Å². The number of nitrogens with one attached hydrogen (secondary N) is 1. The number of rotatable bonds is 5. The number of para-hydroxylation sites is 1. The van der Waals surface area contributed by atoms with Crippen molar-refractivity contribution in [3.63, 3.8) is 0 Å². The molecular formula is C17H24N4. The number of nitrogens with zero attached hydrogens (tertiary/aromatic N) is 3. The molecule has 0 bridgehead atoms. The Morgan fingerprint density at radius 1 is 1.29 bits per heavy atom. The van der Waals surface area contributed by atoms with Gasteiger partial charge in [-0.1, -0.05) is 18.2 Å². The Morgan fingerprint density at radius 2 is 2.10 bits per heavy atom. The maximum Gasteiger partial charge on any atom is 0.207 e. The molecule has 1 N–H and O–H groups in total. The second kappa shape index (κ2) is 6.31. The molecular weight excluding hydrogens is 260 g/mol. The summed E-state index contributed by atoms with van der Waals surface area (Å²) in [4.78, 5) is 7.00. The Kier molecular flexibility index (Phi) is 4.25. The van der Waals surface area contributed by atoms with Gasteiger partial charge in [0.2, 0.25) is 5.95 Å². The van der Waals surface area contributed by atoms with Crippen LogP contribution in [0.1, 0.15) is 20.3 Å². The summed E-state index contributed by atoms with van der Waals surface area (Å²) in [6.45, 7) is 7.96. The van der Waals surface area contributed by atoms with Gasteiger partial charge in [0.1, 0.15) is 0 Å². The minimum atomic E-state index is 0.654. The Balaban J connectivity index is 1.61. The summed E-state index contributed by atoms with van der Waals surface area (Å²) in [5, 5.41) is 3.52. The minimum absolute atomic E-state index is 0.654. The number of hydrogen-bond acceptors (Lipinski definition) is 3. The number of imidazole rings is 1. The highest BCUT2D eigenvalue weighted by molar-refractivity contribution is 5.41. The molecule has 1 unspecified atom stereocenters. The van der Waals surface area contributed by atoms with Crippen LogP contribution in [0.3, 0.4) is 0 Å². The van der Waals surface area contributed by atoms with Gasteiger partial charge < -0.3 is 10.2 Å². The van der Waals surface area contributed by atoms with E-state index < -0.39 is 0 Å². The van der Waals surface area contributed by atoms with Gasteiger partial charge >= 0.3 is 0 Å². The summed E-state index contributed by atoms with van der Waals surface area (Å²) in [5.74, 6) is 1.65. The monoisotopic (exact) mass is 284 g/mol. The summed E-state index contributed by atoms with van der Waals surface area (Å²) < 4.78 is 2.11. The molecule has 1 aliphatic rings. The van der Waals surface area contributed by atoms with Crippen molar-refractivity contribution in [3.8, 4) is 5.69 Å². The Morgan fingerprint density at radius 3 is 2.81 bits per heavy atom. The van der Waals surface area contributed by atoms with Crippen molar-refractivity contribution in [3.05, 3.63) is 42.7 Å². The van der Waals surface area contributed by atoms with Gasteiger partial charge in [-0.15, -0.1) is 0 Å². The molecule has 1 atom stereocenters. The lowest BCUT2D eigenvalue weighted by Gasteiger charge is -2.20. The first-order valence-electron chi connectivity index (χ1n) is 7.80. The molecule has 2 heterocycles. The van der Waals surface area contributed by atoms with Crippen LogP contribution in [0.2, 0.25) is 0 Å². The van der Waals surface area contributed by atoms with Crippen molar-refractivity contribution in [2.24, 2.45) is 5.92 Å². The highest BCUT2D eigenvalue weighted by Crippen LogP contribution is 2.20. The van der Waals surface area contributed by atoms with E-state index in [1.54, 1.807) is 0 Å². The van der Waals surface area contributed by atoms with Gasteiger partial charge in [0, 0.05) is 37.2 Å². The van der Waals surface area contributed by atoms with Crippen molar-refractivity contribution >= 4 is 5.95 Å². The molecule has 2 aromatic rings. The third kappa shape index (κ3) is 3.27. The number of anilines is 1. The average Bonchev–Trinajstić information content (AvgIpc) is 3.15. The molecule has 3 rings (SSSR count). The van der Waals surface area contributed by atoms with Gasteiger partial charge in [0.15, 0.2) is 0 Å². The average molecular weight is 284 g/mol. The van der Waals surface area contributed by atoms with E-state index in [1.807, 2.05) is 18.5 Å². The lowest BCUT2D eigenvalue weighted by atomic mass is 10.1. The van der Waals surface area contributed by atoms with E-state index in [4.69, 9.17) is 0 Å². The van der Waals surface area contributed by atoms with Crippen molar-refractivity contribution in [1.29, 1.82) is 0 Å². The molecule has 1 saturated heterocycles. The van der Waals surface area contributed by atoms with Crippen molar-refractivity contribution in [1.82, 2.24) is 14.5 Å². The molecule has 4 nitrogen and oxygen atoms in total. The molecule has 4 heteroatoms. The van der Waals surface area contributed by atoms with Crippen LogP contribution in [0.5, 0.6) is 0 Å². The first-order valence-corrected chi connectivity index (χ1v) is 7.80. The first kappa shape index (κ1) is 14.1. The van der Waals surface area contributed by atoms with Crippen molar-refractivity contribution in [2.75, 3.05) is 25.0 Å². The van der Waals surface area contributed by atoms with Crippen LogP contribution in [-0.4, -0.2) is 40.1 Å². The van der Waals surface area contributed by atoms with Gasteiger partial charge in [0.05, 0.1) is 0 Å². The summed E-state index contributed by atoms with van der Waals surface area (Å²) in [5.41, 5.74) is 1.15. The quantitative estimate of drug-likeness (QED) is 0.916. The number of aromatic nitrogens is 2. The van der Waals surface area contributed by atoms with E-state index in [9.17, 15) is 0 Å². The van der Waals surface area contributed by atoms with Crippen molar-refractivity contribution in [2.45, 2.75) is 26.3 Å². The summed E-state index contributed by atoms with van der Waals surface area (Å²) in [6.07, 6.45) is 5.13.